The van der Waals surface area contributed by atoms with Crippen LogP contribution in [0.1, 0.15) is 16.3 Å². The summed E-state index contributed by atoms with van der Waals surface area (Å²) in [5.41, 5.74) is 0. The Morgan fingerprint density at radius 3 is 2.88 bits per heavy atom. The molecule has 0 bridgehead atoms. The van der Waals surface area contributed by atoms with Crippen LogP contribution < -0.4 is 0 Å². The third kappa shape index (κ3) is 4.14. The number of aliphatic hydroxyl groups is 1. The summed E-state index contributed by atoms with van der Waals surface area (Å²) >= 11 is 0. The fourth-order valence-corrected chi connectivity index (χ4v) is 1.39. The topological polar surface area (TPSA) is 62.9 Å². The number of carbonyl (C=O) groups is 1. The molecule has 0 aliphatic carbocycles. The molecule has 1 rings (SSSR count). The lowest BCUT2D eigenvalue weighted by Gasteiger charge is -2.19. The van der Waals surface area contributed by atoms with Crippen molar-refractivity contribution in [2.75, 3.05) is 33.4 Å². The van der Waals surface area contributed by atoms with Crippen molar-refractivity contribution in [3.8, 4) is 0 Å². The zero-order valence-electron chi connectivity index (χ0n) is 9.39. The smallest absolute Gasteiger partial charge is 0.185 e. The zero-order valence-corrected chi connectivity index (χ0v) is 9.39. The van der Waals surface area contributed by atoms with Crippen LogP contribution in [0.4, 0.5) is 0 Å². The van der Waals surface area contributed by atoms with Crippen molar-refractivity contribution in [3.05, 3.63) is 23.7 Å². The van der Waals surface area contributed by atoms with Gasteiger partial charge in [-0.3, -0.25) is 9.69 Å². The first-order valence-electron chi connectivity index (χ1n) is 5.16. The Morgan fingerprint density at radius 2 is 2.31 bits per heavy atom. The average molecular weight is 227 g/mol. The van der Waals surface area contributed by atoms with Gasteiger partial charge in [-0.05, 0) is 12.1 Å². The van der Waals surface area contributed by atoms with E-state index in [2.05, 4.69) is 0 Å². The molecular formula is C11H17NO4. The summed E-state index contributed by atoms with van der Waals surface area (Å²) in [6.45, 7) is 2.53. The number of rotatable bonds is 8. The summed E-state index contributed by atoms with van der Waals surface area (Å²) in [4.78, 5) is 12.4. The molecule has 0 atom stereocenters. The molecule has 5 nitrogen and oxygen atoms in total. The molecule has 0 radical (unpaired) electrons. The number of ether oxygens (including phenoxy) is 1. The van der Waals surface area contributed by atoms with E-state index in [9.17, 15) is 4.79 Å². The van der Waals surface area contributed by atoms with E-state index in [1.807, 2.05) is 4.90 Å². The predicted molar refractivity (Wildman–Crippen MR) is 58.3 cm³/mol. The van der Waals surface area contributed by atoms with Crippen LogP contribution in [0, 0.1) is 0 Å². The Labute approximate surface area is 94.6 Å². The van der Waals surface area contributed by atoms with E-state index in [4.69, 9.17) is 14.3 Å². The minimum absolute atomic E-state index is 0.0883. The molecule has 1 heterocycles. The summed E-state index contributed by atoms with van der Waals surface area (Å²) in [7, 11) is 1.63. The molecule has 5 heteroatoms. The highest BCUT2D eigenvalue weighted by Gasteiger charge is 2.08. The van der Waals surface area contributed by atoms with Gasteiger partial charge in [0.25, 0.3) is 0 Å². The Kier molecular flexibility index (Phi) is 5.77. The quantitative estimate of drug-likeness (QED) is 0.656. The van der Waals surface area contributed by atoms with Crippen LogP contribution in [0.3, 0.4) is 0 Å². The summed E-state index contributed by atoms with van der Waals surface area (Å²) in [6.07, 6.45) is 0.676. The summed E-state index contributed by atoms with van der Waals surface area (Å²) < 4.78 is 10.2. The van der Waals surface area contributed by atoms with Gasteiger partial charge in [-0.25, -0.2) is 0 Å². The maximum Gasteiger partial charge on any atom is 0.185 e. The number of aldehydes is 1. The Balaban J connectivity index is 2.49. The molecule has 16 heavy (non-hydrogen) atoms. The van der Waals surface area contributed by atoms with Crippen molar-refractivity contribution in [1.82, 2.24) is 4.90 Å². The molecule has 0 amide bonds. The first-order chi connectivity index (χ1) is 7.80. The monoisotopic (exact) mass is 227 g/mol. The van der Waals surface area contributed by atoms with Gasteiger partial charge in [-0.15, -0.1) is 0 Å². The van der Waals surface area contributed by atoms with Crippen LogP contribution in [0.15, 0.2) is 16.5 Å². The van der Waals surface area contributed by atoms with Crippen molar-refractivity contribution in [1.29, 1.82) is 0 Å². The normalized spacial score (nSPS) is 10.9. The second kappa shape index (κ2) is 7.16. The molecule has 0 aromatic carbocycles. The van der Waals surface area contributed by atoms with Crippen LogP contribution in [-0.4, -0.2) is 49.7 Å². The predicted octanol–water partition coefficient (Wildman–Crippen LogP) is 0.533. The van der Waals surface area contributed by atoms with Gasteiger partial charge in [0, 0.05) is 20.2 Å². The number of aliphatic hydroxyl groups excluding tert-OH is 1. The number of hydrogen-bond acceptors (Lipinski definition) is 5. The molecule has 0 unspecified atom stereocenters. The molecule has 0 fully saturated rings. The van der Waals surface area contributed by atoms with Gasteiger partial charge in [-0.1, -0.05) is 0 Å². The van der Waals surface area contributed by atoms with Crippen LogP contribution in [-0.2, 0) is 11.3 Å². The standard InChI is InChI=1S/C11H17NO4/c1-15-7-5-12(4-6-13)8-10-2-3-11(9-14)16-10/h2-3,9,13H,4-8H2,1H3. The Hall–Kier alpha value is -1.17. The molecular weight excluding hydrogens is 210 g/mol. The SMILES string of the molecule is COCCN(CCO)Cc1ccc(C=O)o1. The molecule has 90 valence electrons. The maximum atomic E-state index is 10.4. The molecule has 1 N–H and O–H groups in total. The van der Waals surface area contributed by atoms with Crippen molar-refractivity contribution >= 4 is 6.29 Å². The fourth-order valence-electron chi connectivity index (χ4n) is 1.39. The number of nitrogens with zero attached hydrogens (tertiary/aromatic N) is 1. The third-order valence-corrected chi connectivity index (χ3v) is 2.21. The van der Waals surface area contributed by atoms with Crippen molar-refractivity contribution in [2.24, 2.45) is 0 Å². The molecule has 0 saturated heterocycles. The van der Waals surface area contributed by atoms with E-state index in [-0.39, 0.29) is 6.61 Å². The third-order valence-electron chi connectivity index (χ3n) is 2.21. The van der Waals surface area contributed by atoms with Crippen LogP contribution in [0.5, 0.6) is 0 Å². The van der Waals surface area contributed by atoms with Gasteiger partial charge >= 0.3 is 0 Å². The summed E-state index contributed by atoms with van der Waals surface area (Å²) in [5.74, 6) is 1.04. The summed E-state index contributed by atoms with van der Waals surface area (Å²) in [6, 6.07) is 3.40. The molecule has 0 saturated carbocycles. The largest absolute Gasteiger partial charge is 0.457 e. The molecule has 0 aliphatic heterocycles. The van der Waals surface area contributed by atoms with Crippen LogP contribution in [0.25, 0.3) is 0 Å². The lowest BCUT2D eigenvalue weighted by atomic mass is 10.4. The number of methoxy groups -OCH3 is 1. The lowest BCUT2D eigenvalue weighted by Crippen LogP contribution is -2.29. The minimum Gasteiger partial charge on any atom is -0.457 e. The number of furan rings is 1. The van der Waals surface area contributed by atoms with Crippen molar-refractivity contribution in [2.45, 2.75) is 6.54 Å². The fraction of sp³-hybridized carbons (Fsp3) is 0.545. The van der Waals surface area contributed by atoms with Gasteiger partial charge in [0.15, 0.2) is 12.0 Å². The first-order valence-corrected chi connectivity index (χ1v) is 5.16. The van der Waals surface area contributed by atoms with Gasteiger partial charge < -0.3 is 14.3 Å². The Morgan fingerprint density at radius 1 is 1.50 bits per heavy atom. The van der Waals surface area contributed by atoms with E-state index < -0.39 is 0 Å². The van der Waals surface area contributed by atoms with Gasteiger partial charge in [0.2, 0.25) is 0 Å². The zero-order chi connectivity index (χ0) is 11.8. The maximum absolute atomic E-state index is 10.4. The highest BCUT2D eigenvalue weighted by molar-refractivity contribution is 5.70. The molecule has 0 spiro atoms. The van der Waals surface area contributed by atoms with Crippen molar-refractivity contribution in [3.63, 3.8) is 0 Å². The number of carbonyl (C=O) groups excluding carboxylic acids is 1. The second-order valence-corrected chi connectivity index (χ2v) is 3.41. The second-order valence-electron chi connectivity index (χ2n) is 3.41. The summed E-state index contributed by atoms with van der Waals surface area (Å²) in [5, 5.41) is 8.90. The van der Waals surface area contributed by atoms with E-state index in [0.717, 1.165) is 0 Å². The van der Waals surface area contributed by atoms with Crippen LogP contribution >= 0.6 is 0 Å². The highest BCUT2D eigenvalue weighted by Crippen LogP contribution is 2.08. The molecule has 0 aliphatic rings. The highest BCUT2D eigenvalue weighted by atomic mass is 16.5. The molecule has 1 aromatic heterocycles. The van der Waals surface area contributed by atoms with E-state index in [0.29, 0.717) is 44.0 Å². The first kappa shape index (κ1) is 12.9. The van der Waals surface area contributed by atoms with Gasteiger partial charge in [0.1, 0.15) is 5.76 Å². The minimum atomic E-state index is 0.0883. The van der Waals surface area contributed by atoms with Crippen molar-refractivity contribution < 1.29 is 19.1 Å². The van der Waals surface area contributed by atoms with E-state index in [1.54, 1.807) is 19.2 Å². The average Bonchev–Trinajstić information content (AvgIpc) is 2.74. The molecule has 1 aromatic rings. The van der Waals surface area contributed by atoms with E-state index in [1.165, 1.54) is 0 Å². The Bertz CT molecular complexity index is 311. The van der Waals surface area contributed by atoms with E-state index >= 15 is 0 Å². The van der Waals surface area contributed by atoms with Gasteiger partial charge in [0.05, 0.1) is 19.8 Å². The van der Waals surface area contributed by atoms with Crippen LogP contribution in [0.2, 0.25) is 0 Å². The number of hydrogen-bond donors (Lipinski definition) is 1. The van der Waals surface area contributed by atoms with Gasteiger partial charge in [-0.2, -0.15) is 0 Å². The lowest BCUT2D eigenvalue weighted by molar-refractivity contribution is 0.108.